The number of sulfone groups is 1. The summed E-state index contributed by atoms with van der Waals surface area (Å²) in [5.74, 6) is 0.126. The number of aromatic nitrogens is 4. The summed E-state index contributed by atoms with van der Waals surface area (Å²) in [4.78, 5) is 28.3. The number of nitro benzene ring substituents is 1. The molecule has 0 saturated heterocycles. The van der Waals surface area contributed by atoms with Crippen molar-refractivity contribution in [2.24, 2.45) is 0 Å². The van der Waals surface area contributed by atoms with Crippen molar-refractivity contribution in [2.45, 2.75) is 56.8 Å². The molecule has 0 fully saturated rings. The van der Waals surface area contributed by atoms with E-state index in [1.165, 1.54) is 48.3 Å². The third-order valence-corrected chi connectivity index (χ3v) is 8.12. The maximum absolute atomic E-state index is 13.3. The molecule has 0 atom stereocenters. The molecule has 0 radical (unpaired) electrons. The Labute approximate surface area is 212 Å². The van der Waals surface area contributed by atoms with Gasteiger partial charge < -0.3 is 9.47 Å². The molecule has 4 rings (SSSR count). The van der Waals surface area contributed by atoms with E-state index in [1.54, 1.807) is 41.5 Å². The molecule has 0 saturated carbocycles. The predicted molar refractivity (Wildman–Crippen MR) is 136 cm³/mol. The number of rotatable bonds is 4. The van der Waals surface area contributed by atoms with Crippen LogP contribution in [-0.2, 0) is 14.6 Å². The number of nitro groups is 1. The van der Waals surface area contributed by atoms with Crippen LogP contribution >= 0.6 is 0 Å². The van der Waals surface area contributed by atoms with Crippen molar-refractivity contribution >= 4 is 38.2 Å². The fraction of sp³-hybridized carbons (Fsp3) is 0.375. The van der Waals surface area contributed by atoms with Crippen molar-refractivity contribution < 1.29 is 27.6 Å². The van der Waals surface area contributed by atoms with E-state index in [0.717, 1.165) is 4.68 Å². The summed E-state index contributed by atoms with van der Waals surface area (Å²) in [6.07, 6.45) is 3.45. The number of imidazole rings is 1. The molecule has 0 N–H and O–H groups in total. The van der Waals surface area contributed by atoms with E-state index in [-0.39, 0.29) is 21.8 Å². The highest BCUT2D eigenvalue weighted by Crippen LogP contribution is 2.37. The summed E-state index contributed by atoms with van der Waals surface area (Å²) in [6.45, 7) is 9.82. The van der Waals surface area contributed by atoms with Crippen molar-refractivity contribution in [2.75, 3.05) is 7.11 Å². The number of benzene rings is 1. The quantitative estimate of drug-likeness (QED) is 0.273. The normalized spacial score (nSPS) is 12.7. The van der Waals surface area contributed by atoms with Crippen LogP contribution in [0.5, 0.6) is 5.75 Å². The van der Waals surface area contributed by atoms with Crippen LogP contribution in [0.3, 0.4) is 0 Å². The van der Waals surface area contributed by atoms with Gasteiger partial charge in [0.2, 0.25) is 0 Å². The summed E-state index contributed by atoms with van der Waals surface area (Å²) in [5.41, 5.74) is 0.104. The summed E-state index contributed by atoms with van der Waals surface area (Å²) < 4.78 is 38.8. The van der Waals surface area contributed by atoms with Gasteiger partial charge in [0.1, 0.15) is 21.9 Å². The Morgan fingerprint density at radius 3 is 2.32 bits per heavy atom. The molecule has 0 amide bonds. The lowest BCUT2D eigenvalue weighted by atomic mass is 10.1. The standard InChI is InChI=1S/C24H27N5O7S/c1-23(2,3)36-22(30)28-17-9-14(29(31)32)8-15(16(17)11-26-28)18-12-25-21-10-19(35-7)20(13-27(18)21)37(33,34)24(4,5)6/h8-13H,1-7H3. The number of hydrogen-bond donors (Lipinski definition) is 0. The van der Waals surface area contributed by atoms with Gasteiger partial charge in [-0.25, -0.2) is 18.2 Å². The highest BCUT2D eigenvalue weighted by atomic mass is 32.2. The first-order valence-electron chi connectivity index (χ1n) is 11.2. The van der Waals surface area contributed by atoms with Gasteiger partial charge in [0, 0.05) is 35.3 Å². The SMILES string of the molecule is COc1cc2ncc(-c3cc([N+](=O)[O-])cc4c3cnn4C(=O)OC(C)(C)C)n2cc1S(=O)(=O)C(C)(C)C. The second kappa shape index (κ2) is 8.54. The first-order valence-corrected chi connectivity index (χ1v) is 12.7. The number of fused-ring (bicyclic) bond motifs is 2. The second-order valence-electron chi connectivity index (χ2n) is 10.4. The first kappa shape index (κ1) is 26.1. The highest BCUT2D eigenvalue weighted by Gasteiger charge is 2.34. The average molecular weight is 530 g/mol. The van der Waals surface area contributed by atoms with Gasteiger partial charge in [-0.2, -0.15) is 9.78 Å². The van der Waals surface area contributed by atoms with Crippen LogP contribution < -0.4 is 4.74 Å². The van der Waals surface area contributed by atoms with E-state index >= 15 is 0 Å². The molecule has 4 aromatic rings. The molecule has 0 spiro atoms. The molecule has 3 heterocycles. The lowest BCUT2D eigenvalue weighted by Crippen LogP contribution is -2.28. The van der Waals surface area contributed by atoms with E-state index < -0.39 is 31.2 Å². The number of pyridine rings is 1. The largest absolute Gasteiger partial charge is 0.495 e. The van der Waals surface area contributed by atoms with Crippen molar-refractivity contribution in [3.05, 3.63) is 46.9 Å². The second-order valence-corrected chi connectivity index (χ2v) is 13.1. The van der Waals surface area contributed by atoms with Crippen molar-refractivity contribution in [1.82, 2.24) is 19.2 Å². The summed E-state index contributed by atoms with van der Waals surface area (Å²) in [5, 5.41) is 16.3. The number of carbonyl (C=O) groups excluding carboxylic acids is 1. The Hall–Kier alpha value is -4.00. The smallest absolute Gasteiger partial charge is 0.435 e. The van der Waals surface area contributed by atoms with Gasteiger partial charge in [-0.3, -0.25) is 14.5 Å². The molecule has 37 heavy (non-hydrogen) atoms. The molecule has 0 aliphatic carbocycles. The molecule has 3 aromatic heterocycles. The fourth-order valence-corrected chi connectivity index (χ4v) is 5.07. The minimum Gasteiger partial charge on any atom is -0.495 e. The first-order chi connectivity index (χ1) is 17.0. The van der Waals surface area contributed by atoms with Gasteiger partial charge in [0.25, 0.3) is 5.69 Å². The molecule has 0 aliphatic heterocycles. The van der Waals surface area contributed by atoms with Crippen LogP contribution in [0.25, 0.3) is 27.8 Å². The highest BCUT2D eigenvalue weighted by molar-refractivity contribution is 7.92. The molecule has 13 heteroatoms. The van der Waals surface area contributed by atoms with E-state index in [0.29, 0.717) is 22.3 Å². The van der Waals surface area contributed by atoms with E-state index in [9.17, 15) is 23.3 Å². The Morgan fingerprint density at radius 2 is 1.76 bits per heavy atom. The predicted octanol–water partition coefficient (Wildman–Crippen LogP) is 4.62. The van der Waals surface area contributed by atoms with Gasteiger partial charge in [-0.1, -0.05) is 0 Å². The molecular weight excluding hydrogens is 502 g/mol. The molecule has 0 aliphatic rings. The molecule has 1 aromatic carbocycles. The Morgan fingerprint density at radius 1 is 1.08 bits per heavy atom. The lowest BCUT2D eigenvalue weighted by molar-refractivity contribution is -0.384. The summed E-state index contributed by atoms with van der Waals surface area (Å²) in [6, 6.07) is 4.05. The molecule has 0 bridgehead atoms. The number of carbonyl (C=O) groups is 1. The zero-order chi connectivity index (χ0) is 27.5. The van der Waals surface area contributed by atoms with E-state index in [4.69, 9.17) is 9.47 Å². The summed E-state index contributed by atoms with van der Waals surface area (Å²) in [7, 11) is -2.47. The van der Waals surface area contributed by atoms with Gasteiger partial charge in [0.05, 0.1) is 40.4 Å². The average Bonchev–Trinajstić information content (AvgIpc) is 3.39. The third-order valence-electron chi connectivity index (χ3n) is 5.62. The minimum absolute atomic E-state index is 0.0552. The van der Waals surface area contributed by atoms with Gasteiger partial charge in [-0.05, 0) is 41.5 Å². The van der Waals surface area contributed by atoms with Crippen molar-refractivity contribution in [3.8, 4) is 17.0 Å². The molecule has 196 valence electrons. The van der Waals surface area contributed by atoms with Crippen LogP contribution in [0.1, 0.15) is 41.5 Å². The Bertz CT molecular complexity index is 1670. The van der Waals surface area contributed by atoms with Crippen molar-refractivity contribution in [3.63, 3.8) is 0 Å². The van der Waals surface area contributed by atoms with Gasteiger partial charge in [-0.15, -0.1) is 0 Å². The van der Waals surface area contributed by atoms with Crippen LogP contribution in [0.2, 0.25) is 0 Å². The Kier molecular flexibility index (Phi) is 6.02. The summed E-state index contributed by atoms with van der Waals surface area (Å²) >= 11 is 0. The molecular formula is C24H27N5O7S. The number of methoxy groups -OCH3 is 1. The number of ether oxygens (including phenoxy) is 2. The molecule has 0 unspecified atom stereocenters. The third kappa shape index (κ3) is 4.50. The molecule has 12 nitrogen and oxygen atoms in total. The minimum atomic E-state index is -3.84. The maximum Gasteiger partial charge on any atom is 0.435 e. The fourth-order valence-electron chi connectivity index (χ4n) is 3.76. The number of non-ortho nitro benzene ring substituents is 1. The van der Waals surface area contributed by atoms with E-state index in [2.05, 4.69) is 10.1 Å². The van der Waals surface area contributed by atoms with Crippen LogP contribution in [0.4, 0.5) is 10.5 Å². The zero-order valence-corrected chi connectivity index (χ0v) is 22.3. The monoisotopic (exact) mass is 529 g/mol. The number of nitrogens with zero attached hydrogens (tertiary/aromatic N) is 5. The van der Waals surface area contributed by atoms with Gasteiger partial charge in [0.15, 0.2) is 9.84 Å². The van der Waals surface area contributed by atoms with Gasteiger partial charge >= 0.3 is 6.09 Å². The van der Waals surface area contributed by atoms with Crippen LogP contribution in [0.15, 0.2) is 41.7 Å². The number of hydrogen-bond acceptors (Lipinski definition) is 9. The maximum atomic E-state index is 13.3. The topological polar surface area (TPSA) is 148 Å². The van der Waals surface area contributed by atoms with Crippen LogP contribution in [0, 0.1) is 10.1 Å². The lowest BCUT2D eigenvalue weighted by Gasteiger charge is -2.21. The Balaban J connectivity index is 2.02. The van der Waals surface area contributed by atoms with Crippen LogP contribution in [-0.4, -0.2) is 56.1 Å². The van der Waals surface area contributed by atoms with Crippen molar-refractivity contribution in [1.29, 1.82) is 0 Å². The van der Waals surface area contributed by atoms with E-state index in [1.807, 2.05) is 0 Å². The zero-order valence-electron chi connectivity index (χ0n) is 21.5.